The normalized spacial score (nSPS) is 11.9. The van der Waals surface area contributed by atoms with Gasteiger partial charge < -0.3 is 5.43 Å². The molecule has 0 saturated heterocycles. The average Bonchev–Trinajstić information content (AvgIpc) is 2.80. The van der Waals surface area contributed by atoms with Crippen molar-refractivity contribution in [3.8, 4) is 0 Å². The molecule has 0 radical (unpaired) electrons. The number of hydrogen-bond donors (Lipinski definition) is 1. The predicted octanol–water partition coefficient (Wildman–Crippen LogP) is 2.88. The number of aromatic nitrogens is 3. The molecule has 2 rings (SSSR count). The van der Waals surface area contributed by atoms with Crippen LogP contribution < -0.4 is 5.43 Å². The van der Waals surface area contributed by atoms with Gasteiger partial charge in [0.05, 0.1) is 12.2 Å². The Morgan fingerprint density at radius 3 is 2.26 bits per heavy atom. The van der Waals surface area contributed by atoms with Crippen LogP contribution in [0.25, 0.3) is 0 Å². The smallest absolute Gasteiger partial charge is 0.0728 e. The molecule has 2 heterocycles. The highest BCUT2D eigenvalue weighted by molar-refractivity contribution is 5.26. The van der Waals surface area contributed by atoms with E-state index in [-0.39, 0.29) is 5.41 Å². The molecule has 0 aliphatic heterocycles. The standard InChI is InChI=1S/C15H24N4/c1-11-7-8-12(2)19(11)16-9-13-10-18(6)17-14(13)15(3,4)5/h7-8,10,16H,9H2,1-6H3. The molecular formula is C15H24N4. The maximum absolute atomic E-state index is 4.59. The summed E-state index contributed by atoms with van der Waals surface area (Å²) < 4.78 is 4.02. The molecule has 4 nitrogen and oxygen atoms in total. The second kappa shape index (κ2) is 4.76. The Bertz CT molecular complexity index is 550. The third kappa shape index (κ3) is 2.83. The highest BCUT2D eigenvalue weighted by Gasteiger charge is 2.21. The third-order valence-electron chi connectivity index (χ3n) is 3.31. The molecule has 0 spiro atoms. The first kappa shape index (κ1) is 13.7. The molecule has 0 aliphatic carbocycles. The van der Waals surface area contributed by atoms with Gasteiger partial charge in [-0.25, -0.2) is 0 Å². The van der Waals surface area contributed by atoms with Crippen LogP contribution in [0.1, 0.15) is 43.4 Å². The number of rotatable bonds is 3. The minimum absolute atomic E-state index is 0.0685. The highest BCUT2D eigenvalue weighted by atomic mass is 15.4. The maximum atomic E-state index is 4.59. The number of nitrogens with one attached hydrogen (secondary N) is 1. The molecule has 0 saturated carbocycles. The van der Waals surface area contributed by atoms with Gasteiger partial charge in [-0.05, 0) is 26.0 Å². The predicted molar refractivity (Wildman–Crippen MR) is 78.9 cm³/mol. The first-order chi connectivity index (χ1) is 8.79. The molecule has 0 aromatic carbocycles. The summed E-state index contributed by atoms with van der Waals surface area (Å²) in [5, 5.41) is 4.59. The van der Waals surface area contributed by atoms with Gasteiger partial charge in [0.25, 0.3) is 0 Å². The van der Waals surface area contributed by atoms with E-state index >= 15 is 0 Å². The van der Waals surface area contributed by atoms with Crippen molar-refractivity contribution in [3.63, 3.8) is 0 Å². The van der Waals surface area contributed by atoms with Crippen LogP contribution in [0.5, 0.6) is 0 Å². The summed E-state index contributed by atoms with van der Waals surface area (Å²) >= 11 is 0. The minimum Gasteiger partial charge on any atom is -0.321 e. The van der Waals surface area contributed by atoms with Crippen LogP contribution in [-0.4, -0.2) is 14.5 Å². The van der Waals surface area contributed by atoms with E-state index in [1.165, 1.54) is 17.0 Å². The second-order valence-corrected chi connectivity index (χ2v) is 6.21. The van der Waals surface area contributed by atoms with Crippen molar-refractivity contribution in [1.29, 1.82) is 0 Å². The molecule has 2 aromatic heterocycles. The summed E-state index contributed by atoms with van der Waals surface area (Å²) in [7, 11) is 1.98. The number of aryl methyl sites for hydroxylation is 3. The highest BCUT2D eigenvalue weighted by Crippen LogP contribution is 2.24. The Hall–Kier alpha value is -1.71. The summed E-state index contributed by atoms with van der Waals surface area (Å²) in [6, 6.07) is 4.24. The molecule has 0 atom stereocenters. The van der Waals surface area contributed by atoms with Crippen LogP contribution in [0, 0.1) is 13.8 Å². The lowest BCUT2D eigenvalue weighted by molar-refractivity contribution is 0.548. The second-order valence-electron chi connectivity index (χ2n) is 6.21. The van der Waals surface area contributed by atoms with Crippen molar-refractivity contribution >= 4 is 0 Å². The molecule has 1 N–H and O–H groups in total. The van der Waals surface area contributed by atoms with Crippen molar-refractivity contribution in [2.45, 2.75) is 46.6 Å². The van der Waals surface area contributed by atoms with Gasteiger partial charge in [0.2, 0.25) is 0 Å². The van der Waals surface area contributed by atoms with E-state index in [0.717, 1.165) is 12.2 Å². The van der Waals surface area contributed by atoms with Gasteiger partial charge in [0.15, 0.2) is 0 Å². The van der Waals surface area contributed by atoms with Crippen LogP contribution in [0.2, 0.25) is 0 Å². The molecule has 19 heavy (non-hydrogen) atoms. The van der Waals surface area contributed by atoms with Gasteiger partial charge in [-0.1, -0.05) is 20.8 Å². The van der Waals surface area contributed by atoms with Gasteiger partial charge in [-0.3, -0.25) is 9.36 Å². The molecular weight excluding hydrogens is 236 g/mol. The molecule has 0 amide bonds. The van der Waals surface area contributed by atoms with Crippen molar-refractivity contribution in [1.82, 2.24) is 14.5 Å². The summed E-state index contributed by atoms with van der Waals surface area (Å²) in [5.74, 6) is 0. The maximum Gasteiger partial charge on any atom is 0.0728 e. The lowest BCUT2D eigenvalue weighted by Gasteiger charge is -2.19. The van der Waals surface area contributed by atoms with Gasteiger partial charge in [0.1, 0.15) is 0 Å². The van der Waals surface area contributed by atoms with Crippen molar-refractivity contribution in [2.24, 2.45) is 7.05 Å². The molecule has 0 aliphatic rings. The van der Waals surface area contributed by atoms with E-state index in [0.29, 0.717) is 0 Å². The van der Waals surface area contributed by atoms with Crippen LogP contribution in [-0.2, 0) is 19.0 Å². The lowest BCUT2D eigenvalue weighted by Crippen LogP contribution is -2.20. The molecule has 0 bridgehead atoms. The summed E-state index contributed by atoms with van der Waals surface area (Å²) in [6.45, 7) is 11.6. The zero-order valence-electron chi connectivity index (χ0n) is 12.8. The fourth-order valence-corrected chi connectivity index (χ4v) is 2.38. The summed E-state index contributed by atoms with van der Waals surface area (Å²) in [5.41, 5.74) is 8.39. The van der Waals surface area contributed by atoms with E-state index in [4.69, 9.17) is 0 Å². The quantitative estimate of drug-likeness (QED) is 0.921. The number of hydrogen-bond acceptors (Lipinski definition) is 2. The molecule has 2 aromatic rings. The molecule has 0 fully saturated rings. The largest absolute Gasteiger partial charge is 0.321 e. The molecule has 104 valence electrons. The Labute approximate surface area is 115 Å². The van der Waals surface area contributed by atoms with Gasteiger partial charge in [-0.2, -0.15) is 5.10 Å². The minimum atomic E-state index is 0.0685. The summed E-state index contributed by atoms with van der Waals surface area (Å²) in [6.07, 6.45) is 2.10. The molecule has 4 heteroatoms. The zero-order valence-corrected chi connectivity index (χ0v) is 12.8. The monoisotopic (exact) mass is 260 g/mol. The average molecular weight is 260 g/mol. The van der Waals surface area contributed by atoms with E-state index in [1.807, 2.05) is 11.7 Å². The van der Waals surface area contributed by atoms with Gasteiger partial charge in [-0.15, -0.1) is 0 Å². The van der Waals surface area contributed by atoms with E-state index in [9.17, 15) is 0 Å². The first-order valence-electron chi connectivity index (χ1n) is 6.71. The third-order valence-corrected chi connectivity index (χ3v) is 3.31. The SMILES string of the molecule is Cc1ccc(C)n1NCc1cn(C)nc1C(C)(C)C. The van der Waals surface area contributed by atoms with E-state index in [2.05, 4.69) is 68.1 Å². The van der Waals surface area contributed by atoms with Gasteiger partial charge in [0, 0.05) is 35.6 Å². The Balaban J connectivity index is 2.21. The van der Waals surface area contributed by atoms with E-state index < -0.39 is 0 Å². The Kier molecular flexibility index (Phi) is 3.43. The van der Waals surface area contributed by atoms with E-state index in [1.54, 1.807) is 0 Å². The van der Waals surface area contributed by atoms with Crippen molar-refractivity contribution in [2.75, 3.05) is 5.43 Å². The van der Waals surface area contributed by atoms with Crippen LogP contribution in [0.15, 0.2) is 18.3 Å². The first-order valence-corrected chi connectivity index (χ1v) is 6.71. The summed E-state index contributed by atoms with van der Waals surface area (Å²) in [4.78, 5) is 0. The van der Waals surface area contributed by atoms with Crippen LogP contribution in [0.4, 0.5) is 0 Å². The van der Waals surface area contributed by atoms with Crippen molar-refractivity contribution < 1.29 is 0 Å². The topological polar surface area (TPSA) is 34.8 Å². The zero-order chi connectivity index (χ0) is 14.2. The van der Waals surface area contributed by atoms with Crippen LogP contribution >= 0.6 is 0 Å². The fraction of sp³-hybridized carbons (Fsp3) is 0.533. The lowest BCUT2D eigenvalue weighted by atomic mass is 9.90. The van der Waals surface area contributed by atoms with Crippen LogP contribution in [0.3, 0.4) is 0 Å². The fourth-order valence-electron chi connectivity index (χ4n) is 2.38. The molecule has 0 unspecified atom stereocenters. The Morgan fingerprint density at radius 2 is 1.74 bits per heavy atom. The Morgan fingerprint density at radius 1 is 1.16 bits per heavy atom. The number of nitrogens with zero attached hydrogens (tertiary/aromatic N) is 3. The van der Waals surface area contributed by atoms with Crippen molar-refractivity contribution in [3.05, 3.63) is 41.0 Å². The van der Waals surface area contributed by atoms with Gasteiger partial charge >= 0.3 is 0 Å².